The Kier molecular flexibility index (Phi) is 3.92. The van der Waals surface area contributed by atoms with Crippen LogP contribution in [0.1, 0.15) is 11.1 Å². The zero-order valence-corrected chi connectivity index (χ0v) is 12.0. The molecule has 120 valence electrons. The van der Waals surface area contributed by atoms with Crippen LogP contribution in [0.15, 0.2) is 53.1 Å². The Hall–Kier alpha value is -3.34. The average molecular weight is 330 g/mol. The van der Waals surface area contributed by atoms with Crippen molar-refractivity contribution in [3.05, 3.63) is 59.7 Å². The van der Waals surface area contributed by atoms with Gasteiger partial charge >= 0.3 is 6.18 Å². The fourth-order valence-corrected chi connectivity index (χ4v) is 2.02. The third-order valence-electron chi connectivity index (χ3n) is 3.11. The summed E-state index contributed by atoms with van der Waals surface area (Å²) in [5.41, 5.74) is 0.373. The lowest BCUT2D eigenvalue weighted by Gasteiger charge is -2.08. The van der Waals surface area contributed by atoms with Gasteiger partial charge in [0.15, 0.2) is 0 Å². The Morgan fingerprint density at radius 3 is 2.62 bits per heavy atom. The van der Waals surface area contributed by atoms with E-state index >= 15 is 0 Å². The summed E-state index contributed by atoms with van der Waals surface area (Å²) < 4.78 is 43.2. The number of nitrogens with one attached hydrogen (secondary N) is 1. The Morgan fingerprint density at radius 2 is 1.88 bits per heavy atom. The summed E-state index contributed by atoms with van der Waals surface area (Å²) in [7, 11) is 0. The quantitative estimate of drug-likeness (QED) is 0.772. The number of benzene rings is 2. The number of hydrogen-bond donors (Lipinski definition) is 1. The molecule has 3 rings (SSSR count). The van der Waals surface area contributed by atoms with E-state index in [2.05, 4.69) is 15.5 Å². The number of nitriles is 1. The van der Waals surface area contributed by atoms with Crippen molar-refractivity contribution in [1.82, 2.24) is 10.1 Å². The molecule has 0 atom stereocenters. The van der Waals surface area contributed by atoms with Crippen molar-refractivity contribution >= 4 is 11.6 Å². The number of halogens is 3. The van der Waals surface area contributed by atoms with Gasteiger partial charge in [-0.1, -0.05) is 12.1 Å². The molecular formula is C16H9F3N4O. The predicted octanol–water partition coefficient (Wildman–Crippen LogP) is 4.37. The molecule has 0 bridgehead atoms. The molecule has 0 unspecified atom stereocenters. The van der Waals surface area contributed by atoms with Crippen LogP contribution in [0.2, 0.25) is 0 Å². The van der Waals surface area contributed by atoms with Crippen LogP contribution in [0, 0.1) is 11.3 Å². The van der Waals surface area contributed by atoms with Crippen LogP contribution in [0.5, 0.6) is 0 Å². The van der Waals surface area contributed by atoms with Gasteiger partial charge in [0.1, 0.15) is 0 Å². The molecule has 2 aromatic carbocycles. The number of aromatic nitrogens is 2. The first-order valence-corrected chi connectivity index (χ1v) is 6.74. The van der Waals surface area contributed by atoms with Crippen LogP contribution >= 0.6 is 0 Å². The zero-order valence-electron chi connectivity index (χ0n) is 12.0. The smallest absolute Gasteiger partial charge is 0.332 e. The molecule has 0 amide bonds. The molecule has 0 aliphatic rings. The predicted molar refractivity (Wildman–Crippen MR) is 79.2 cm³/mol. The van der Waals surface area contributed by atoms with E-state index in [0.29, 0.717) is 11.1 Å². The Balaban J connectivity index is 1.83. The van der Waals surface area contributed by atoms with Gasteiger partial charge in [-0.2, -0.15) is 23.4 Å². The molecule has 5 nitrogen and oxygen atoms in total. The summed E-state index contributed by atoms with van der Waals surface area (Å²) in [6, 6.07) is 13.2. The molecule has 0 aliphatic carbocycles. The van der Waals surface area contributed by atoms with E-state index < -0.39 is 11.7 Å². The number of nitrogens with zero attached hydrogens (tertiary/aromatic N) is 3. The summed E-state index contributed by atoms with van der Waals surface area (Å²) in [5.74, 6) is 0.174. The summed E-state index contributed by atoms with van der Waals surface area (Å²) >= 11 is 0. The third-order valence-corrected chi connectivity index (χ3v) is 3.11. The molecule has 0 radical (unpaired) electrons. The van der Waals surface area contributed by atoms with Crippen LogP contribution in [-0.2, 0) is 6.18 Å². The minimum atomic E-state index is -4.43. The van der Waals surface area contributed by atoms with Gasteiger partial charge in [0.2, 0.25) is 0 Å². The van der Waals surface area contributed by atoms with Gasteiger partial charge in [-0.25, -0.2) is 0 Å². The van der Waals surface area contributed by atoms with E-state index in [1.54, 1.807) is 24.3 Å². The average Bonchev–Trinajstić information content (AvgIpc) is 3.03. The fraction of sp³-hybridized carbons (Fsp3) is 0.0625. The molecule has 1 N–H and O–H groups in total. The zero-order chi connectivity index (χ0) is 17.2. The maximum atomic E-state index is 12.7. The first-order valence-electron chi connectivity index (χ1n) is 6.74. The van der Waals surface area contributed by atoms with Crippen LogP contribution in [0.4, 0.5) is 24.8 Å². The topological polar surface area (TPSA) is 74.7 Å². The fourth-order valence-electron chi connectivity index (χ4n) is 2.02. The largest absolute Gasteiger partial charge is 0.416 e. The van der Waals surface area contributed by atoms with Gasteiger partial charge in [-0.15, -0.1) is 0 Å². The van der Waals surface area contributed by atoms with Gasteiger partial charge in [-0.05, 0) is 41.6 Å². The summed E-state index contributed by atoms with van der Waals surface area (Å²) in [6.07, 6.45) is -4.43. The van der Waals surface area contributed by atoms with Gasteiger partial charge in [-0.3, -0.25) is 0 Å². The lowest BCUT2D eigenvalue weighted by Crippen LogP contribution is -2.05. The molecule has 1 heterocycles. The highest BCUT2D eigenvalue weighted by atomic mass is 19.4. The molecule has 8 heteroatoms. The highest BCUT2D eigenvalue weighted by Crippen LogP contribution is 2.31. The van der Waals surface area contributed by atoms with Crippen LogP contribution in [-0.4, -0.2) is 10.1 Å². The van der Waals surface area contributed by atoms with Crippen molar-refractivity contribution in [3.63, 3.8) is 0 Å². The van der Waals surface area contributed by atoms with E-state index in [1.807, 2.05) is 6.07 Å². The molecule has 0 saturated carbocycles. The molecule has 0 spiro atoms. The lowest BCUT2D eigenvalue weighted by molar-refractivity contribution is -0.137. The Bertz CT molecular complexity index is 912. The summed E-state index contributed by atoms with van der Waals surface area (Å²) in [6.45, 7) is 0. The SMILES string of the molecule is N#Cc1cccc(-c2nc(Nc3cccc(C(F)(F)F)c3)no2)c1. The van der Waals surface area contributed by atoms with Crippen molar-refractivity contribution in [2.24, 2.45) is 0 Å². The van der Waals surface area contributed by atoms with Gasteiger partial charge in [0.05, 0.1) is 17.2 Å². The molecule has 0 saturated heterocycles. The van der Waals surface area contributed by atoms with E-state index in [1.165, 1.54) is 12.1 Å². The van der Waals surface area contributed by atoms with E-state index in [0.717, 1.165) is 12.1 Å². The van der Waals surface area contributed by atoms with Crippen LogP contribution in [0.25, 0.3) is 11.5 Å². The van der Waals surface area contributed by atoms with Crippen LogP contribution < -0.4 is 5.32 Å². The van der Waals surface area contributed by atoms with Crippen molar-refractivity contribution in [3.8, 4) is 17.5 Å². The Morgan fingerprint density at radius 1 is 1.08 bits per heavy atom. The van der Waals surface area contributed by atoms with E-state index in [-0.39, 0.29) is 17.5 Å². The third kappa shape index (κ3) is 3.35. The van der Waals surface area contributed by atoms with Crippen molar-refractivity contribution in [2.45, 2.75) is 6.18 Å². The summed E-state index contributed by atoms with van der Waals surface area (Å²) in [5, 5.41) is 15.2. The second-order valence-electron chi connectivity index (χ2n) is 4.82. The molecule has 0 fully saturated rings. The van der Waals surface area contributed by atoms with E-state index in [9.17, 15) is 13.2 Å². The highest BCUT2D eigenvalue weighted by Gasteiger charge is 2.30. The molecular weight excluding hydrogens is 321 g/mol. The Labute approximate surface area is 134 Å². The summed E-state index contributed by atoms with van der Waals surface area (Å²) in [4.78, 5) is 4.06. The lowest BCUT2D eigenvalue weighted by atomic mass is 10.1. The number of rotatable bonds is 3. The maximum Gasteiger partial charge on any atom is 0.416 e. The molecule has 0 aliphatic heterocycles. The van der Waals surface area contributed by atoms with Gasteiger partial charge in [0, 0.05) is 11.3 Å². The molecule has 24 heavy (non-hydrogen) atoms. The number of alkyl halides is 3. The highest BCUT2D eigenvalue weighted by molar-refractivity contribution is 5.60. The molecule has 3 aromatic rings. The minimum absolute atomic E-state index is 0.0201. The normalized spacial score (nSPS) is 11.1. The second kappa shape index (κ2) is 6.04. The number of hydrogen-bond acceptors (Lipinski definition) is 5. The standard InChI is InChI=1S/C16H9F3N4O/c17-16(18,19)12-5-2-6-13(8-12)21-15-22-14(24-23-15)11-4-1-3-10(7-11)9-20/h1-8H,(H,21,23). The van der Waals surface area contributed by atoms with Crippen LogP contribution in [0.3, 0.4) is 0 Å². The van der Waals surface area contributed by atoms with Gasteiger partial charge < -0.3 is 9.84 Å². The first-order chi connectivity index (χ1) is 11.5. The first kappa shape index (κ1) is 15.6. The van der Waals surface area contributed by atoms with E-state index in [4.69, 9.17) is 9.78 Å². The van der Waals surface area contributed by atoms with Crippen molar-refractivity contribution < 1.29 is 17.7 Å². The van der Waals surface area contributed by atoms with Crippen molar-refractivity contribution in [2.75, 3.05) is 5.32 Å². The second-order valence-corrected chi connectivity index (χ2v) is 4.82. The monoisotopic (exact) mass is 330 g/mol. The van der Waals surface area contributed by atoms with Crippen molar-refractivity contribution in [1.29, 1.82) is 5.26 Å². The van der Waals surface area contributed by atoms with Gasteiger partial charge in [0.25, 0.3) is 11.8 Å². The number of anilines is 2. The minimum Gasteiger partial charge on any atom is -0.332 e. The molecule has 1 aromatic heterocycles. The maximum absolute atomic E-state index is 12.7.